The number of ether oxygens (including phenoxy) is 1. The highest BCUT2D eigenvalue weighted by Crippen LogP contribution is 2.54. The molecule has 1 unspecified atom stereocenters. The maximum absolute atomic E-state index is 12.4. The highest BCUT2D eigenvalue weighted by molar-refractivity contribution is 6.24. The Morgan fingerprint density at radius 1 is 1.11 bits per heavy atom. The predicted octanol–water partition coefficient (Wildman–Crippen LogP) is 3.37. The molecule has 3 aliphatic rings. The van der Waals surface area contributed by atoms with E-state index in [2.05, 4.69) is 12.1 Å². The molecule has 1 saturated heterocycles. The van der Waals surface area contributed by atoms with E-state index >= 15 is 0 Å². The average molecular weight is 254 g/mol. The van der Waals surface area contributed by atoms with E-state index in [1.54, 1.807) is 0 Å². The lowest BCUT2D eigenvalue weighted by molar-refractivity contribution is -0.114. The van der Waals surface area contributed by atoms with Crippen molar-refractivity contribution >= 4 is 11.4 Å². The van der Waals surface area contributed by atoms with Gasteiger partial charge in [-0.3, -0.25) is 4.79 Å². The van der Waals surface area contributed by atoms with Crippen LogP contribution in [-0.2, 0) is 9.53 Å². The van der Waals surface area contributed by atoms with Crippen LogP contribution in [0.15, 0.2) is 35.9 Å². The molecule has 1 atom stereocenters. The zero-order valence-electron chi connectivity index (χ0n) is 11.0. The first-order valence-corrected chi connectivity index (χ1v) is 7.27. The second-order valence-electron chi connectivity index (χ2n) is 5.99. The van der Waals surface area contributed by atoms with Gasteiger partial charge in [-0.25, -0.2) is 0 Å². The number of hydrogen-bond acceptors (Lipinski definition) is 2. The molecule has 0 aromatic heterocycles. The van der Waals surface area contributed by atoms with Crippen molar-refractivity contribution in [3.63, 3.8) is 0 Å². The van der Waals surface area contributed by atoms with Gasteiger partial charge in [0.2, 0.25) is 0 Å². The minimum Gasteiger partial charge on any atom is -0.370 e. The van der Waals surface area contributed by atoms with Crippen molar-refractivity contribution in [2.75, 3.05) is 6.61 Å². The number of Topliss-reactive ketones (excluding diaryl/α,β-unsaturated/α-hetero) is 1. The molecule has 1 heterocycles. The smallest absolute Gasteiger partial charge is 0.164 e. The third kappa shape index (κ3) is 1.56. The van der Waals surface area contributed by atoms with E-state index in [1.807, 2.05) is 18.2 Å². The number of allylic oxidation sites excluding steroid dienone is 1. The van der Waals surface area contributed by atoms with E-state index in [1.165, 1.54) is 18.4 Å². The van der Waals surface area contributed by atoms with E-state index in [0.717, 1.165) is 30.6 Å². The van der Waals surface area contributed by atoms with Crippen LogP contribution in [0.2, 0.25) is 0 Å². The summed E-state index contributed by atoms with van der Waals surface area (Å²) in [6.07, 6.45) is 5.31. The van der Waals surface area contributed by atoms with Gasteiger partial charge >= 0.3 is 0 Å². The van der Waals surface area contributed by atoms with Gasteiger partial charge in [0, 0.05) is 17.9 Å². The molecule has 1 aromatic rings. The summed E-state index contributed by atoms with van der Waals surface area (Å²) in [7, 11) is 0. The number of benzene rings is 1. The summed E-state index contributed by atoms with van der Waals surface area (Å²) >= 11 is 0. The molecule has 0 N–H and O–H groups in total. The quantitative estimate of drug-likeness (QED) is 0.768. The molecule has 1 aliphatic heterocycles. The largest absolute Gasteiger partial charge is 0.370 e. The SMILES string of the molecule is O=C1CC2COC3(CCCC3)C2=C1c1ccccc1. The average Bonchev–Trinajstić information content (AvgIpc) is 3.10. The summed E-state index contributed by atoms with van der Waals surface area (Å²) in [6, 6.07) is 10.1. The number of fused-ring (bicyclic) bond motifs is 2. The molecule has 1 saturated carbocycles. The summed E-state index contributed by atoms with van der Waals surface area (Å²) in [5.74, 6) is 0.668. The number of carbonyl (C=O) groups is 1. The van der Waals surface area contributed by atoms with Crippen LogP contribution in [0.5, 0.6) is 0 Å². The Labute approximate surface area is 113 Å². The van der Waals surface area contributed by atoms with Crippen LogP contribution in [0, 0.1) is 5.92 Å². The van der Waals surface area contributed by atoms with Gasteiger partial charge in [-0.1, -0.05) is 43.2 Å². The lowest BCUT2D eigenvalue weighted by Gasteiger charge is -2.25. The molecule has 19 heavy (non-hydrogen) atoms. The van der Waals surface area contributed by atoms with Crippen LogP contribution in [-0.4, -0.2) is 18.0 Å². The zero-order valence-corrected chi connectivity index (χ0v) is 11.0. The molecule has 2 fully saturated rings. The van der Waals surface area contributed by atoms with E-state index in [4.69, 9.17) is 4.74 Å². The van der Waals surface area contributed by atoms with Crippen LogP contribution in [0.25, 0.3) is 5.57 Å². The molecule has 4 rings (SSSR count). The highest BCUT2D eigenvalue weighted by Gasteiger charge is 2.52. The van der Waals surface area contributed by atoms with Crippen molar-refractivity contribution in [2.45, 2.75) is 37.7 Å². The fourth-order valence-electron chi connectivity index (χ4n) is 4.14. The normalized spacial score (nSPS) is 28.4. The van der Waals surface area contributed by atoms with E-state index < -0.39 is 0 Å². The van der Waals surface area contributed by atoms with Crippen molar-refractivity contribution in [3.05, 3.63) is 41.5 Å². The molecule has 2 aliphatic carbocycles. The number of rotatable bonds is 1. The molecule has 0 radical (unpaired) electrons. The van der Waals surface area contributed by atoms with Gasteiger partial charge in [0.15, 0.2) is 5.78 Å². The standard InChI is InChI=1S/C17H18O2/c18-14-10-13-11-19-17(8-4-5-9-17)16(13)15(14)12-6-2-1-3-7-12/h1-3,6-7,13H,4-5,8-11H2. The van der Waals surface area contributed by atoms with Crippen molar-refractivity contribution in [1.82, 2.24) is 0 Å². The maximum Gasteiger partial charge on any atom is 0.164 e. The Morgan fingerprint density at radius 2 is 1.84 bits per heavy atom. The summed E-state index contributed by atoms with van der Waals surface area (Å²) in [5, 5.41) is 0. The Hall–Kier alpha value is -1.41. The minimum absolute atomic E-state index is 0.0952. The fraction of sp³-hybridized carbons (Fsp3) is 0.471. The van der Waals surface area contributed by atoms with Gasteiger partial charge in [-0.15, -0.1) is 0 Å². The van der Waals surface area contributed by atoms with Gasteiger partial charge in [0.1, 0.15) is 0 Å². The maximum atomic E-state index is 12.4. The van der Waals surface area contributed by atoms with Crippen LogP contribution in [0.1, 0.15) is 37.7 Å². The van der Waals surface area contributed by atoms with Crippen LogP contribution in [0.4, 0.5) is 0 Å². The Morgan fingerprint density at radius 3 is 2.58 bits per heavy atom. The first-order chi connectivity index (χ1) is 9.30. The van der Waals surface area contributed by atoms with Crippen molar-refractivity contribution in [3.8, 4) is 0 Å². The molecular formula is C17H18O2. The van der Waals surface area contributed by atoms with Crippen molar-refractivity contribution < 1.29 is 9.53 Å². The summed E-state index contributed by atoms with van der Waals surface area (Å²) < 4.78 is 6.16. The minimum atomic E-state index is -0.0952. The van der Waals surface area contributed by atoms with Gasteiger partial charge in [-0.2, -0.15) is 0 Å². The van der Waals surface area contributed by atoms with Crippen molar-refractivity contribution in [2.24, 2.45) is 5.92 Å². The lowest BCUT2D eigenvalue weighted by atomic mass is 9.85. The highest BCUT2D eigenvalue weighted by atomic mass is 16.5. The molecule has 98 valence electrons. The molecule has 0 amide bonds. The second-order valence-corrected chi connectivity index (χ2v) is 5.99. The third-order valence-corrected chi connectivity index (χ3v) is 4.91. The summed E-state index contributed by atoms with van der Waals surface area (Å²) in [5.41, 5.74) is 3.30. The molecule has 2 nitrogen and oxygen atoms in total. The van der Waals surface area contributed by atoms with Gasteiger partial charge in [-0.05, 0) is 24.0 Å². The fourth-order valence-corrected chi connectivity index (χ4v) is 4.14. The molecule has 1 spiro atoms. The third-order valence-electron chi connectivity index (χ3n) is 4.91. The van der Waals surface area contributed by atoms with Gasteiger partial charge < -0.3 is 4.74 Å². The number of ketones is 1. The predicted molar refractivity (Wildman–Crippen MR) is 73.6 cm³/mol. The number of carbonyl (C=O) groups excluding carboxylic acids is 1. The lowest BCUT2D eigenvalue weighted by Crippen LogP contribution is -2.26. The zero-order chi connectivity index (χ0) is 12.9. The Bertz CT molecular complexity index is 550. The van der Waals surface area contributed by atoms with Crippen LogP contribution < -0.4 is 0 Å². The molecule has 2 heteroatoms. The van der Waals surface area contributed by atoms with E-state index in [0.29, 0.717) is 18.1 Å². The topological polar surface area (TPSA) is 26.3 Å². The summed E-state index contributed by atoms with van der Waals surface area (Å²) in [6.45, 7) is 0.747. The van der Waals surface area contributed by atoms with E-state index in [-0.39, 0.29) is 5.60 Å². The molecule has 1 aromatic carbocycles. The van der Waals surface area contributed by atoms with Crippen molar-refractivity contribution in [1.29, 1.82) is 0 Å². The Kier molecular flexibility index (Phi) is 2.43. The van der Waals surface area contributed by atoms with E-state index in [9.17, 15) is 4.79 Å². The van der Waals surface area contributed by atoms with Crippen LogP contribution >= 0.6 is 0 Å². The van der Waals surface area contributed by atoms with Gasteiger partial charge in [0.25, 0.3) is 0 Å². The molecular weight excluding hydrogens is 236 g/mol. The first kappa shape index (κ1) is 11.4. The summed E-state index contributed by atoms with van der Waals surface area (Å²) in [4.78, 5) is 12.4. The first-order valence-electron chi connectivity index (χ1n) is 7.27. The van der Waals surface area contributed by atoms with Crippen LogP contribution in [0.3, 0.4) is 0 Å². The Balaban J connectivity index is 1.90. The number of hydrogen-bond donors (Lipinski definition) is 0. The van der Waals surface area contributed by atoms with Gasteiger partial charge in [0.05, 0.1) is 12.2 Å². The second kappa shape index (κ2) is 4.04. The monoisotopic (exact) mass is 254 g/mol. The molecule has 0 bridgehead atoms.